The van der Waals surface area contributed by atoms with E-state index in [0.29, 0.717) is 6.04 Å². The standard InChI is InChI=1S/C21H22N4/c1-13-10-24-21-17(13)9-16(11-25-21)15-7-14-4-6-22-12-19(14)18(8-15)20-3-2-5-23-20/h7-12,20,23H,2-6H2,1H3,(H,24,25). The van der Waals surface area contributed by atoms with E-state index >= 15 is 0 Å². The molecule has 1 fully saturated rings. The van der Waals surface area contributed by atoms with Gasteiger partial charge in [0.1, 0.15) is 5.65 Å². The molecule has 126 valence electrons. The van der Waals surface area contributed by atoms with Gasteiger partial charge in [0, 0.05) is 47.7 Å². The van der Waals surface area contributed by atoms with Gasteiger partial charge in [-0.15, -0.1) is 0 Å². The number of pyridine rings is 1. The minimum absolute atomic E-state index is 0.448. The Hall–Kier alpha value is -2.46. The molecule has 4 heterocycles. The molecule has 2 aliphatic heterocycles. The predicted molar refractivity (Wildman–Crippen MR) is 102 cm³/mol. The van der Waals surface area contributed by atoms with Gasteiger partial charge in [0.15, 0.2) is 0 Å². The molecule has 2 N–H and O–H groups in total. The molecule has 25 heavy (non-hydrogen) atoms. The van der Waals surface area contributed by atoms with E-state index in [-0.39, 0.29) is 0 Å². The first-order chi connectivity index (χ1) is 12.3. The van der Waals surface area contributed by atoms with Gasteiger partial charge in [-0.25, -0.2) is 4.98 Å². The zero-order valence-electron chi connectivity index (χ0n) is 14.5. The number of benzene rings is 1. The van der Waals surface area contributed by atoms with Crippen molar-refractivity contribution >= 4 is 17.2 Å². The van der Waals surface area contributed by atoms with Crippen molar-refractivity contribution in [3.8, 4) is 11.1 Å². The Morgan fingerprint density at radius 1 is 1.16 bits per heavy atom. The number of aromatic nitrogens is 2. The van der Waals surface area contributed by atoms with Gasteiger partial charge in [-0.3, -0.25) is 4.99 Å². The second kappa shape index (κ2) is 5.81. The van der Waals surface area contributed by atoms with E-state index in [4.69, 9.17) is 0 Å². The highest BCUT2D eigenvalue weighted by Gasteiger charge is 2.22. The molecule has 2 aromatic heterocycles. The maximum absolute atomic E-state index is 4.62. The maximum Gasteiger partial charge on any atom is 0.137 e. The Morgan fingerprint density at radius 2 is 2.12 bits per heavy atom. The fraction of sp³-hybridized carbons (Fsp3) is 0.333. The number of aliphatic imine (C=N–C) groups is 1. The number of hydrogen-bond donors (Lipinski definition) is 2. The van der Waals surface area contributed by atoms with E-state index in [2.05, 4.69) is 51.6 Å². The van der Waals surface area contributed by atoms with Gasteiger partial charge in [-0.2, -0.15) is 0 Å². The average molecular weight is 330 g/mol. The number of H-pyrrole nitrogens is 1. The van der Waals surface area contributed by atoms with Crippen molar-refractivity contribution in [1.82, 2.24) is 15.3 Å². The van der Waals surface area contributed by atoms with Crippen molar-refractivity contribution in [2.24, 2.45) is 4.99 Å². The van der Waals surface area contributed by atoms with Crippen molar-refractivity contribution in [1.29, 1.82) is 0 Å². The third-order valence-corrected chi connectivity index (χ3v) is 5.54. The molecule has 0 bridgehead atoms. The summed E-state index contributed by atoms with van der Waals surface area (Å²) in [6.07, 6.45) is 9.57. The van der Waals surface area contributed by atoms with E-state index < -0.39 is 0 Å². The molecule has 1 atom stereocenters. The number of nitrogens with zero attached hydrogens (tertiary/aromatic N) is 2. The highest BCUT2D eigenvalue weighted by Crippen LogP contribution is 2.34. The molecule has 0 aliphatic carbocycles. The highest BCUT2D eigenvalue weighted by molar-refractivity contribution is 5.89. The molecule has 0 spiro atoms. The molecule has 1 aromatic carbocycles. The van der Waals surface area contributed by atoms with Crippen LogP contribution in [0.2, 0.25) is 0 Å². The summed E-state index contributed by atoms with van der Waals surface area (Å²) in [4.78, 5) is 12.4. The van der Waals surface area contributed by atoms with E-state index in [1.807, 2.05) is 12.4 Å². The monoisotopic (exact) mass is 330 g/mol. The molecule has 4 heteroatoms. The fourth-order valence-electron chi connectivity index (χ4n) is 4.14. The smallest absolute Gasteiger partial charge is 0.137 e. The quantitative estimate of drug-likeness (QED) is 0.748. The summed E-state index contributed by atoms with van der Waals surface area (Å²) in [5.74, 6) is 0. The number of nitrogens with one attached hydrogen (secondary N) is 2. The maximum atomic E-state index is 4.62. The summed E-state index contributed by atoms with van der Waals surface area (Å²) in [6, 6.07) is 7.40. The van der Waals surface area contributed by atoms with Crippen LogP contribution in [0.25, 0.3) is 22.2 Å². The van der Waals surface area contributed by atoms with E-state index in [0.717, 1.165) is 25.2 Å². The molecule has 4 nitrogen and oxygen atoms in total. The second-order valence-corrected chi connectivity index (χ2v) is 7.16. The summed E-state index contributed by atoms with van der Waals surface area (Å²) in [5.41, 5.74) is 8.83. The number of rotatable bonds is 2. The van der Waals surface area contributed by atoms with Crippen LogP contribution in [0.1, 0.15) is 41.1 Å². The third-order valence-electron chi connectivity index (χ3n) is 5.54. The Labute approximate surface area is 147 Å². The minimum Gasteiger partial charge on any atom is -0.346 e. The van der Waals surface area contributed by atoms with Gasteiger partial charge < -0.3 is 10.3 Å². The largest absolute Gasteiger partial charge is 0.346 e. The van der Waals surface area contributed by atoms with Crippen LogP contribution in [0.15, 0.2) is 35.6 Å². The van der Waals surface area contributed by atoms with Crippen LogP contribution in [-0.4, -0.2) is 29.3 Å². The lowest BCUT2D eigenvalue weighted by atomic mass is 9.88. The Kier molecular flexibility index (Phi) is 3.45. The first kappa shape index (κ1) is 14.8. The Morgan fingerprint density at radius 3 is 3.00 bits per heavy atom. The van der Waals surface area contributed by atoms with Crippen LogP contribution in [-0.2, 0) is 6.42 Å². The van der Waals surface area contributed by atoms with Gasteiger partial charge in [-0.1, -0.05) is 6.07 Å². The van der Waals surface area contributed by atoms with Crippen LogP contribution in [0.4, 0.5) is 0 Å². The van der Waals surface area contributed by atoms with Crippen molar-refractivity contribution in [3.05, 3.63) is 52.8 Å². The minimum atomic E-state index is 0.448. The average Bonchev–Trinajstić information content (AvgIpc) is 3.31. The Balaban J connectivity index is 1.68. The van der Waals surface area contributed by atoms with Crippen LogP contribution in [0.5, 0.6) is 0 Å². The molecule has 0 radical (unpaired) electrons. The summed E-state index contributed by atoms with van der Waals surface area (Å²) in [5, 5.41) is 4.86. The summed E-state index contributed by atoms with van der Waals surface area (Å²) in [6.45, 7) is 4.13. The van der Waals surface area contributed by atoms with Gasteiger partial charge in [0.05, 0.1) is 0 Å². The summed E-state index contributed by atoms with van der Waals surface area (Å²) in [7, 11) is 0. The molecule has 1 unspecified atom stereocenters. The van der Waals surface area contributed by atoms with E-state index in [1.54, 1.807) is 0 Å². The lowest BCUT2D eigenvalue weighted by Gasteiger charge is -2.21. The first-order valence-corrected chi connectivity index (χ1v) is 9.14. The van der Waals surface area contributed by atoms with Crippen molar-refractivity contribution in [3.63, 3.8) is 0 Å². The summed E-state index contributed by atoms with van der Waals surface area (Å²) >= 11 is 0. The topological polar surface area (TPSA) is 53.1 Å². The fourth-order valence-corrected chi connectivity index (χ4v) is 4.14. The number of aromatic amines is 1. The molecule has 0 amide bonds. The number of fused-ring (bicyclic) bond motifs is 2. The lowest BCUT2D eigenvalue weighted by molar-refractivity contribution is 0.645. The number of hydrogen-bond acceptors (Lipinski definition) is 3. The second-order valence-electron chi connectivity index (χ2n) is 7.16. The normalized spacial score (nSPS) is 19.5. The van der Waals surface area contributed by atoms with Crippen LogP contribution >= 0.6 is 0 Å². The Bertz CT molecular complexity index is 977. The molecular weight excluding hydrogens is 308 g/mol. The molecule has 3 aromatic rings. The van der Waals surface area contributed by atoms with Gasteiger partial charge in [-0.05, 0) is 67.1 Å². The highest BCUT2D eigenvalue weighted by atomic mass is 14.9. The van der Waals surface area contributed by atoms with E-state index in [1.165, 1.54) is 51.6 Å². The zero-order chi connectivity index (χ0) is 16.8. The molecule has 0 saturated carbocycles. The molecule has 2 aliphatic rings. The van der Waals surface area contributed by atoms with Gasteiger partial charge >= 0.3 is 0 Å². The van der Waals surface area contributed by atoms with Gasteiger partial charge in [0.2, 0.25) is 0 Å². The van der Waals surface area contributed by atoms with E-state index in [9.17, 15) is 0 Å². The molecule has 5 rings (SSSR count). The number of aryl methyl sites for hydroxylation is 1. The van der Waals surface area contributed by atoms with Gasteiger partial charge in [0.25, 0.3) is 0 Å². The first-order valence-electron chi connectivity index (χ1n) is 9.14. The lowest BCUT2D eigenvalue weighted by Crippen LogP contribution is -2.17. The van der Waals surface area contributed by atoms with Crippen LogP contribution in [0.3, 0.4) is 0 Å². The summed E-state index contributed by atoms with van der Waals surface area (Å²) < 4.78 is 0. The molecule has 1 saturated heterocycles. The third kappa shape index (κ3) is 2.48. The van der Waals surface area contributed by atoms with Crippen LogP contribution in [0, 0.1) is 6.92 Å². The van der Waals surface area contributed by atoms with Crippen LogP contribution < -0.4 is 5.32 Å². The zero-order valence-corrected chi connectivity index (χ0v) is 14.5. The predicted octanol–water partition coefficient (Wildman–Crippen LogP) is 3.94. The van der Waals surface area contributed by atoms with Crippen molar-refractivity contribution in [2.45, 2.75) is 32.2 Å². The molecular formula is C21H22N4. The van der Waals surface area contributed by atoms with Crippen molar-refractivity contribution < 1.29 is 0 Å². The SMILES string of the molecule is Cc1c[nH]c2ncc(-c3cc4c(c(C5CCCN5)c3)C=NCC4)cc12. The van der Waals surface area contributed by atoms with Crippen molar-refractivity contribution in [2.75, 3.05) is 13.1 Å².